The molecular weight excluding hydrogens is 238 g/mol. The summed E-state index contributed by atoms with van der Waals surface area (Å²) in [7, 11) is 0. The number of hydrogen-bond donors (Lipinski definition) is 1. The van der Waals surface area contributed by atoms with E-state index in [9.17, 15) is 4.79 Å². The number of carboxylic acids is 1. The molecular formula is C16H25NO2. The molecule has 0 aliphatic heterocycles. The first kappa shape index (κ1) is 15.7. The SMILES string of the molecule is CCCN(CCC)C(CCC(=O)O)c1ccccc1. The van der Waals surface area contributed by atoms with Gasteiger partial charge in [-0.3, -0.25) is 9.69 Å². The van der Waals surface area contributed by atoms with Crippen molar-refractivity contribution in [2.24, 2.45) is 0 Å². The van der Waals surface area contributed by atoms with Crippen LogP contribution in [0.4, 0.5) is 0 Å². The lowest BCUT2D eigenvalue weighted by Crippen LogP contribution is -2.31. The molecule has 3 heteroatoms. The maximum atomic E-state index is 10.9. The third-order valence-electron chi connectivity index (χ3n) is 3.28. The number of hydrogen-bond acceptors (Lipinski definition) is 2. The third-order valence-corrected chi connectivity index (χ3v) is 3.28. The normalized spacial score (nSPS) is 12.6. The van der Waals surface area contributed by atoms with Crippen LogP contribution in [0.3, 0.4) is 0 Å². The van der Waals surface area contributed by atoms with E-state index >= 15 is 0 Å². The maximum Gasteiger partial charge on any atom is 0.303 e. The van der Waals surface area contributed by atoms with Gasteiger partial charge in [0, 0.05) is 12.5 Å². The largest absolute Gasteiger partial charge is 0.481 e. The second-order valence-electron chi connectivity index (χ2n) is 4.89. The zero-order valence-corrected chi connectivity index (χ0v) is 12.0. The summed E-state index contributed by atoms with van der Waals surface area (Å²) in [6.45, 7) is 6.38. The second kappa shape index (κ2) is 8.70. The first-order valence-electron chi connectivity index (χ1n) is 7.19. The molecule has 0 amide bonds. The Morgan fingerprint density at radius 2 is 1.74 bits per heavy atom. The number of carbonyl (C=O) groups is 1. The molecule has 0 radical (unpaired) electrons. The quantitative estimate of drug-likeness (QED) is 0.738. The van der Waals surface area contributed by atoms with Crippen molar-refractivity contribution in [3.8, 4) is 0 Å². The smallest absolute Gasteiger partial charge is 0.303 e. The van der Waals surface area contributed by atoms with Gasteiger partial charge in [-0.1, -0.05) is 44.2 Å². The van der Waals surface area contributed by atoms with Crippen molar-refractivity contribution in [2.75, 3.05) is 13.1 Å². The Balaban J connectivity index is 2.85. The summed E-state index contributed by atoms with van der Waals surface area (Å²) in [5, 5.41) is 8.93. The molecule has 1 atom stereocenters. The number of rotatable bonds is 9. The van der Waals surface area contributed by atoms with E-state index in [0.717, 1.165) is 25.9 Å². The van der Waals surface area contributed by atoms with Gasteiger partial charge in [-0.2, -0.15) is 0 Å². The molecule has 0 fully saturated rings. The second-order valence-corrected chi connectivity index (χ2v) is 4.89. The van der Waals surface area contributed by atoms with Gasteiger partial charge in [0.05, 0.1) is 0 Å². The van der Waals surface area contributed by atoms with Crippen molar-refractivity contribution >= 4 is 5.97 Å². The Labute approximate surface area is 116 Å². The summed E-state index contributed by atoms with van der Waals surface area (Å²) in [6.07, 6.45) is 3.09. The van der Waals surface area contributed by atoms with E-state index in [-0.39, 0.29) is 12.5 Å². The molecule has 1 rings (SSSR count). The van der Waals surface area contributed by atoms with Crippen molar-refractivity contribution in [1.82, 2.24) is 4.90 Å². The van der Waals surface area contributed by atoms with Crippen molar-refractivity contribution < 1.29 is 9.90 Å². The average Bonchev–Trinajstić information content (AvgIpc) is 2.40. The van der Waals surface area contributed by atoms with Crippen LogP contribution in [-0.2, 0) is 4.79 Å². The summed E-state index contributed by atoms with van der Waals surface area (Å²) in [4.78, 5) is 13.3. The van der Waals surface area contributed by atoms with Crippen molar-refractivity contribution in [2.45, 2.75) is 45.6 Å². The zero-order chi connectivity index (χ0) is 14.1. The van der Waals surface area contributed by atoms with Gasteiger partial charge in [-0.15, -0.1) is 0 Å². The van der Waals surface area contributed by atoms with E-state index in [2.05, 4.69) is 30.9 Å². The molecule has 0 saturated carbocycles. The first-order valence-corrected chi connectivity index (χ1v) is 7.19. The molecule has 1 N–H and O–H groups in total. The first-order chi connectivity index (χ1) is 9.19. The van der Waals surface area contributed by atoms with Gasteiger partial charge in [0.1, 0.15) is 0 Å². The van der Waals surface area contributed by atoms with Crippen LogP contribution in [0.2, 0.25) is 0 Å². The lowest BCUT2D eigenvalue weighted by atomic mass is 9.99. The highest BCUT2D eigenvalue weighted by atomic mass is 16.4. The van der Waals surface area contributed by atoms with Gasteiger partial charge >= 0.3 is 5.97 Å². The molecule has 0 bridgehead atoms. The van der Waals surface area contributed by atoms with Crippen LogP contribution >= 0.6 is 0 Å². The fourth-order valence-corrected chi connectivity index (χ4v) is 2.49. The van der Waals surface area contributed by atoms with E-state index in [1.54, 1.807) is 0 Å². The molecule has 0 heterocycles. The van der Waals surface area contributed by atoms with Crippen LogP contribution in [0.5, 0.6) is 0 Å². The monoisotopic (exact) mass is 263 g/mol. The number of carboxylic acid groups (broad SMARTS) is 1. The molecule has 3 nitrogen and oxygen atoms in total. The van der Waals surface area contributed by atoms with Crippen molar-refractivity contribution in [1.29, 1.82) is 0 Å². The highest BCUT2D eigenvalue weighted by molar-refractivity contribution is 5.66. The fraction of sp³-hybridized carbons (Fsp3) is 0.562. The molecule has 0 spiro atoms. The van der Waals surface area contributed by atoms with Gasteiger partial charge in [0.2, 0.25) is 0 Å². The molecule has 1 aromatic carbocycles. The summed E-state index contributed by atoms with van der Waals surface area (Å²) in [6, 6.07) is 10.5. The summed E-state index contributed by atoms with van der Waals surface area (Å²) in [5.41, 5.74) is 1.23. The predicted octanol–water partition coefficient (Wildman–Crippen LogP) is 3.71. The minimum absolute atomic E-state index is 0.220. The Kier molecular flexibility index (Phi) is 7.19. The molecule has 0 aliphatic rings. The van der Waals surface area contributed by atoms with Crippen LogP contribution in [0.1, 0.15) is 51.1 Å². The van der Waals surface area contributed by atoms with E-state index in [0.29, 0.717) is 6.42 Å². The van der Waals surface area contributed by atoms with Crippen LogP contribution in [0.15, 0.2) is 30.3 Å². The molecule has 106 valence electrons. The van der Waals surface area contributed by atoms with E-state index in [4.69, 9.17) is 5.11 Å². The lowest BCUT2D eigenvalue weighted by Gasteiger charge is -2.31. The molecule has 0 saturated heterocycles. The lowest BCUT2D eigenvalue weighted by molar-refractivity contribution is -0.137. The van der Waals surface area contributed by atoms with Gasteiger partial charge in [-0.25, -0.2) is 0 Å². The van der Waals surface area contributed by atoms with E-state index in [1.807, 2.05) is 18.2 Å². The Hall–Kier alpha value is -1.35. The van der Waals surface area contributed by atoms with Crippen LogP contribution in [-0.4, -0.2) is 29.1 Å². The number of benzene rings is 1. The van der Waals surface area contributed by atoms with Crippen LogP contribution < -0.4 is 0 Å². The Bertz CT molecular complexity index is 358. The van der Waals surface area contributed by atoms with Crippen molar-refractivity contribution in [3.05, 3.63) is 35.9 Å². The van der Waals surface area contributed by atoms with Crippen LogP contribution in [0, 0.1) is 0 Å². The third kappa shape index (κ3) is 5.43. The van der Waals surface area contributed by atoms with E-state index < -0.39 is 5.97 Å². The summed E-state index contributed by atoms with van der Waals surface area (Å²) >= 11 is 0. The highest BCUT2D eigenvalue weighted by Crippen LogP contribution is 2.26. The maximum absolute atomic E-state index is 10.9. The Morgan fingerprint density at radius 1 is 1.16 bits per heavy atom. The molecule has 1 aromatic rings. The minimum atomic E-state index is -0.714. The van der Waals surface area contributed by atoms with Gasteiger partial charge in [-0.05, 0) is 37.9 Å². The summed E-state index contributed by atoms with van der Waals surface area (Å²) < 4.78 is 0. The predicted molar refractivity (Wildman–Crippen MR) is 78.2 cm³/mol. The van der Waals surface area contributed by atoms with Crippen LogP contribution in [0.25, 0.3) is 0 Å². The van der Waals surface area contributed by atoms with Crippen molar-refractivity contribution in [3.63, 3.8) is 0 Å². The molecule has 0 aromatic heterocycles. The number of nitrogens with zero attached hydrogens (tertiary/aromatic N) is 1. The van der Waals surface area contributed by atoms with Gasteiger partial charge < -0.3 is 5.11 Å². The average molecular weight is 263 g/mol. The van der Waals surface area contributed by atoms with Gasteiger partial charge in [0.15, 0.2) is 0 Å². The molecule has 19 heavy (non-hydrogen) atoms. The molecule has 0 aliphatic carbocycles. The summed E-state index contributed by atoms with van der Waals surface area (Å²) in [5.74, 6) is -0.714. The Morgan fingerprint density at radius 3 is 2.21 bits per heavy atom. The highest BCUT2D eigenvalue weighted by Gasteiger charge is 2.19. The topological polar surface area (TPSA) is 40.5 Å². The van der Waals surface area contributed by atoms with E-state index in [1.165, 1.54) is 5.56 Å². The minimum Gasteiger partial charge on any atom is -0.481 e. The zero-order valence-electron chi connectivity index (χ0n) is 12.0. The molecule has 1 unspecified atom stereocenters. The fourth-order valence-electron chi connectivity index (χ4n) is 2.49. The number of aliphatic carboxylic acids is 1. The standard InChI is InChI=1S/C16H25NO2/c1-3-12-17(13-4-2)15(10-11-16(18)19)14-8-6-5-7-9-14/h5-9,15H,3-4,10-13H2,1-2H3,(H,18,19). The van der Waals surface area contributed by atoms with Gasteiger partial charge in [0.25, 0.3) is 0 Å².